The van der Waals surface area contributed by atoms with Gasteiger partial charge in [-0.3, -0.25) is 4.79 Å². The van der Waals surface area contributed by atoms with E-state index < -0.39 is 9.84 Å². The molecular weight excluding hydrogens is 300 g/mol. The first-order valence-corrected chi connectivity index (χ1v) is 9.45. The molecule has 1 aromatic rings. The van der Waals surface area contributed by atoms with Crippen LogP contribution in [-0.2, 0) is 14.6 Å². The Hall–Kier alpha value is -1.56. The zero-order chi connectivity index (χ0) is 16.3. The number of nitrogens with zero attached hydrogens (tertiary/aromatic N) is 1. The molecule has 0 bridgehead atoms. The second-order valence-electron chi connectivity index (χ2n) is 5.91. The van der Waals surface area contributed by atoms with E-state index in [1.165, 1.54) is 0 Å². The minimum absolute atomic E-state index is 0.0505. The first kappa shape index (κ1) is 16.8. The molecule has 1 aliphatic rings. The van der Waals surface area contributed by atoms with Gasteiger partial charge >= 0.3 is 0 Å². The molecule has 1 aliphatic heterocycles. The number of sulfone groups is 1. The third kappa shape index (κ3) is 4.00. The Bertz CT molecular complexity index is 655. The number of carbonyl (C=O) groups excluding carboxylic acids is 1. The van der Waals surface area contributed by atoms with Crippen LogP contribution in [0.2, 0.25) is 0 Å². The summed E-state index contributed by atoms with van der Waals surface area (Å²) in [6.45, 7) is 6.62. The first-order valence-electron chi connectivity index (χ1n) is 7.63. The van der Waals surface area contributed by atoms with Gasteiger partial charge in [0.2, 0.25) is 5.91 Å². The van der Waals surface area contributed by atoms with Crippen molar-refractivity contribution in [1.29, 1.82) is 0 Å². The summed E-state index contributed by atoms with van der Waals surface area (Å²) in [5.74, 6) is 0.229. The van der Waals surface area contributed by atoms with Crippen molar-refractivity contribution >= 4 is 21.4 Å². The third-order valence-corrected chi connectivity index (χ3v) is 5.88. The topological polar surface area (TPSA) is 66.5 Å². The Kier molecular flexibility index (Phi) is 5.11. The molecule has 122 valence electrons. The fraction of sp³-hybridized carbons (Fsp3) is 0.562. The second-order valence-corrected chi connectivity index (χ2v) is 8.14. The number of hydrogen-bond donors (Lipinski definition) is 1. The molecule has 0 spiro atoms. The number of anilines is 1. The molecule has 1 N–H and O–H groups in total. The maximum atomic E-state index is 12.4. The summed E-state index contributed by atoms with van der Waals surface area (Å²) in [5, 5.41) is 3.17. The molecule has 5 nitrogen and oxygen atoms in total. The van der Waals surface area contributed by atoms with E-state index in [4.69, 9.17) is 0 Å². The highest BCUT2D eigenvalue weighted by Gasteiger charge is 2.33. The Morgan fingerprint density at radius 2 is 2.09 bits per heavy atom. The molecule has 0 aromatic heterocycles. The van der Waals surface area contributed by atoms with Gasteiger partial charge in [0.05, 0.1) is 18.1 Å². The van der Waals surface area contributed by atoms with Gasteiger partial charge in [0.1, 0.15) is 0 Å². The van der Waals surface area contributed by atoms with Gasteiger partial charge in [0, 0.05) is 18.3 Å². The van der Waals surface area contributed by atoms with Crippen LogP contribution < -0.4 is 5.32 Å². The Balaban J connectivity index is 1.99. The number of likely N-dealkylation sites (N-methyl/N-ethyl adjacent to an activating group) is 1. The molecule has 1 saturated heterocycles. The predicted molar refractivity (Wildman–Crippen MR) is 88.9 cm³/mol. The highest BCUT2D eigenvalue weighted by atomic mass is 32.2. The van der Waals surface area contributed by atoms with Crippen molar-refractivity contribution in [2.75, 3.05) is 29.9 Å². The van der Waals surface area contributed by atoms with Crippen molar-refractivity contribution in [2.24, 2.45) is 0 Å². The SMILES string of the molecule is CCN(C(=O)CNc1cc(C)ccc1C)C1CCS(=O)(=O)C1. The van der Waals surface area contributed by atoms with E-state index in [1.54, 1.807) is 4.90 Å². The number of benzene rings is 1. The van der Waals surface area contributed by atoms with E-state index in [9.17, 15) is 13.2 Å². The quantitative estimate of drug-likeness (QED) is 0.896. The molecule has 1 aromatic carbocycles. The van der Waals surface area contributed by atoms with Crippen molar-refractivity contribution in [3.63, 3.8) is 0 Å². The average Bonchev–Trinajstić information content (AvgIpc) is 2.80. The molecule has 1 fully saturated rings. The minimum Gasteiger partial charge on any atom is -0.376 e. The molecule has 22 heavy (non-hydrogen) atoms. The van der Waals surface area contributed by atoms with E-state index in [0.717, 1.165) is 16.8 Å². The summed E-state index contributed by atoms with van der Waals surface area (Å²) in [5.41, 5.74) is 3.17. The van der Waals surface area contributed by atoms with E-state index in [2.05, 4.69) is 5.32 Å². The van der Waals surface area contributed by atoms with E-state index in [0.29, 0.717) is 13.0 Å². The lowest BCUT2D eigenvalue weighted by atomic mass is 10.1. The summed E-state index contributed by atoms with van der Waals surface area (Å²) in [7, 11) is -2.98. The number of rotatable bonds is 5. The molecule has 0 aliphatic carbocycles. The average molecular weight is 324 g/mol. The van der Waals surface area contributed by atoms with Crippen LogP contribution in [0.4, 0.5) is 5.69 Å². The zero-order valence-electron chi connectivity index (χ0n) is 13.4. The van der Waals surface area contributed by atoms with Gasteiger partial charge in [0.25, 0.3) is 0 Å². The second kappa shape index (κ2) is 6.69. The third-order valence-electron chi connectivity index (χ3n) is 4.13. The van der Waals surface area contributed by atoms with Gasteiger partial charge in [-0.2, -0.15) is 0 Å². The number of amides is 1. The summed E-state index contributed by atoms with van der Waals surface area (Å²) in [4.78, 5) is 14.1. The molecular formula is C16H24N2O3S. The van der Waals surface area contributed by atoms with Gasteiger partial charge in [-0.25, -0.2) is 8.42 Å². The predicted octanol–water partition coefficient (Wildman–Crippen LogP) is 1.75. The monoisotopic (exact) mass is 324 g/mol. The van der Waals surface area contributed by atoms with Crippen LogP contribution in [-0.4, -0.2) is 49.9 Å². The molecule has 1 amide bonds. The van der Waals surface area contributed by atoms with Crippen LogP contribution in [0.5, 0.6) is 0 Å². The molecule has 1 atom stereocenters. The summed E-state index contributed by atoms with van der Waals surface area (Å²) in [6, 6.07) is 5.88. The smallest absolute Gasteiger partial charge is 0.242 e. The van der Waals surface area contributed by atoms with Crippen molar-refractivity contribution in [2.45, 2.75) is 33.2 Å². The summed E-state index contributed by atoms with van der Waals surface area (Å²) in [6.07, 6.45) is 0.547. The van der Waals surface area contributed by atoms with Crippen molar-refractivity contribution in [3.05, 3.63) is 29.3 Å². The summed E-state index contributed by atoms with van der Waals surface area (Å²) < 4.78 is 23.2. The number of carbonyl (C=O) groups is 1. The fourth-order valence-electron chi connectivity index (χ4n) is 2.86. The standard InChI is InChI=1S/C16H24N2O3S/c1-4-18(14-7-8-22(20,21)11-14)16(19)10-17-15-9-12(2)5-6-13(15)3/h5-6,9,14,17H,4,7-8,10-11H2,1-3H3. The largest absolute Gasteiger partial charge is 0.376 e. The maximum absolute atomic E-state index is 12.4. The highest BCUT2D eigenvalue weighted by molar-refractivity contribution is 7.91. The zero-order valence-corrected chi connectivity index (χ0v) is 14.2. The van der Waals surface area contributed by atoms with Crippen LogP contribution in [0.25, 0.3) is 0 Å². The first-order chi connectivity index (χ1) is 10.3. The van der Waals surface area contributed by atoms with Crippen LogP contribution in [0, 0.1) is 13.8 Å². The fourth-order valence-corrected chi connectivity index (χ4v) is 4.59. The van der Waals surface area contributed by atoms with Gasteiger partial charge < -0.3 is 10.2 Å². The van der Waals surface area contributed by atoms with Crippen LogP contribution in [0.1, 0.15) is 24.5 Å². The Labute approximate surface area is 132 Å². The van der Waals surface area contributed by atoms with Crippen molar-refractivity contribution in [1.82, 2.24) is 4.90 Å². The molecule has 2 rings (SSSR count). The maximum Gasteiger partial charge on any atom is 0.242 e. The normalized spacial score (nSPS) is 19.9. The number of aryl methyl sites for hydroxylation is 2. The molecule has 6 heteroatoms. The van der Waals surface area contributed by atoms with Gasteiger partial charge in [-0.1, -0.05) is 12.1 Å². The molecule has 1 unspecified atom stereocenters. The van der Waals surface area contributed by atoms with E-state index in [-0.39, 0.29) is 30.0 Å². The lowest BCUT2D eigenvalue weighted by Crippen LogP contribution is -2.43. The van der Waals surface area contributed by atoms with Gasteiger partial charge in [-0.15, -0.1) is 0 Å². The molecule has 0 radical (unpaired) electrons. The summed E-state index contributed by atoms with van der Waals surface area (Å²) >= 11 is 0. The van der Waals surface area contributed by atoms with E-state index >= 15 is 0 Å². The lowest BCUT2D eigenvalue weighted by Gasteiger charge is -2.27. The molecule has 1 heterocycles. The van der Waals surface area contributed by atoms with Crippen LogP contribution >= 0.6 is 0 Å². The van der Waals surface area contributed by atoms with Crippen molar-refractivity contribution < 1.29 is 13.2 Å². The molecule has 0 saturated carbocycles. The van der Waals surface area contributed by atoms with Gasteiger partial charge in [-0.05, 0) is 44.4 Å². The lowest BCUT2D eigenvalue weighted by molar-refractivity contribution is -0.130. The Morgan fingerprint density at radius 1 is 1.36 bits per heavy atom. The number of nitrogens with one attached hydrogen (secondary N) is 1. The van der Waals surface area contributed by atoms with E-state index in [1.807, 2.05) is 39.0 Å². The number of hydrogen-bond acceptors (Lipinski definition) is 4. The van der Waals surface area contributed by atoms with Crippen LogP contribution in [0.3, 0.4) is 0 Å². The minimum atomic E-state index is -2.98. The Morgan fingerprint density at radius 3 is 2.68 bits per heavy atom. The highest BCUT2D eigenvalue weighted by Crippen LogP contribution is 2.19. The van der Waals surface area contributed by atoms with Crippen LogP contribution in [0.15, 0.2) is 18.2 Å². The van der Waals surface area contributed by atoms with Gasteiger partial charge in [0.15, 0.2) is 9.84 Å². The van der Waals surface area contributed by atoms with Crippen molar-refractivity contribution in [3.8, 4) is 0 Å².